The molecule has 16 heavy (non-hydrogen) atoms. The lowest BCUT2D eigenvalue weighted by molar-refractivity contribution is -0.136. The quantitative estimate of drug-likeness (QED) is 0.798. The summed E-state index contributed by atoms with van der Waals surface area (Å²) >= 11 is 1.20. The lowest BCUT2D eigenvalue weighted by atomic mass is 10.5. The van der Waals surface area contributed by atoms with Gasteiger partial charge in [-0.1, -0.05) is 11.8 Å². The van der Waals surface area contributed by atoms with Crippen molar-refractivity contribution in [3.63, 3.8) is 0 Å². The van der Waals surface area contributed by atoms with E-state index in [-0.39, 0.29) is 6.42 Å². The molecule has 84 valence electrons. The van der Waals surface area contributed by atoms with Crippen LogP contribution in [0.5, 0.6) is 0 Å². The van der Waals surface area contributed by atoms with Crippen LogP contribution in [0.2, 0.25) is 0 Å². The summed E-state index contributed by atoms with van der Waals surface area (Å²) in [6.07, 6.45) is 1.57. The topological polar surface area (TPSA) is 89.4 Å². The van der Waals surface area contributed by atoms with Crippen molar-refractivity contribution in [1.29, 1.82) is 0 Å². The first-order valence-corrected chi connectivity index (χ1v) is 5.46. The Hall–Kier alpha value is -1.76. The average Bonchev–Trinajstić information content (AvgIpc) is 2.85. The van der Waals surface area contributed by atoms with E-state index in [0.29, 0.717) is 22.6 Å². The van der Waals surface area contributed by atoms with Crippen LogP contribution in [0.15, 0.2) is 32.5 Å². The Kier molecular flexibility index (Phi) is 3.25. The zero-order valence-corrected chi connectivity index (χ0v) is 8.94. The van der Waals surface area contributed by atoms with Gasteiger partial charge < -0.3 is 13.9 Å². The van der Waals surface area contributed by atoms with Gasteiger partial charge in [-0.05, 0) is 12.1 Å². The third-order valence-electron chi connectivity index (χ3n) is 1.68. The van der Waals surface area contributed by atoms with Gasteiger partial charge in [0, 0.05) is 5.75 Å². The number of aliphatic carboxylic acids is 1. The second kappa shape index (κ2) is 4.84. The largest absolute Gasteiger partial charge is 0.481 e. The molecule has 0 aliphatic carbocycles. The molecule has 0 bridgehead atoms. The Balaban J connectivity index is 1.95. The summed E-state index contributed by atoms with van der Waals surface area (Å²) in [4.78, 5) is 10.3. The number of aromatic nitrogens is 2. The van der Waals surface area contributed by atoms with Crippen LogP contribution in [0.4, 0.5) is 0 Å². The Morgan fingerprint density at radius 2 is 2.38 bits per heavy atom. The van der Waals surface area contributed by atoms with Crippen LogP contribution < -0.4 is 0 Å². The number of rotatable bonds is 5. The molecule has 2 aromatic heterocycles. The van der Waals surface area contributed by atoms with Crippen molar-refractivity contribution in [1.82, 2.24) is 10.2 Å². The normalized spacial score (nSPS) is 10.5. The number of hydrogen-bond donors (Lipinski definition) is 1. The molecule has 2 heterocycles. The molecule has 2 aromatic rings. The third-order valence-corrected chi connectivity index (χ3v) is 2.50. The van der Waals surface area contributed by atoms with Gasteiger partial charge in [0.05, 0.1) is 12.7 Å². The second-order valence-corrected chi connectivity index (χ2v) is 3.89. The van der Waals surface area contributed by atoms with Crippen LogP contribution in [-0.2, 0) is 4.79 Å². The maximum atomic E-state index is 10.3. The fraction of sp³-hybridized carbons (Fsp3) is 0.222. The predicted octanol–water partition coefficient (Wildman–Crippen LogP) is 1.90. The van der Waals surface area contributed by atoms with E-state index in [0.717, 1.165) is 0 Å². The first-order valence-electron chi connectivity index (χ1n) is 4.47. The fourth-order valence-corrected chi connectivity index (χ4v) is 1.68. The van der Waals surface area contributed by atoms with E-state index < -0.39 is 5.97 Å². The lowest BCUT2D eigenvalue weighted by Gasteiger charge is -1.91. The monoisotopic (exact) mass is 240 g/mol. The molecule has 0 amide bonds. The molecule has 0 unspecified atom stereocenters. The molecule has 0 aromatic carbocycles. The van der Waals surface area contributed by atoms with Gasteiger partial charge in [-0.15, -0.1) is 10.2 Å². The van der Waals surface area contributed by atoms with Gasteiger partial charge in [0.2, 0.25) is 0 Å². The van der Waals surface area contributed by atoms with E-state index in [2.05, 4.69) is 10.2 Å². The van der Waals surface area contributed by atoms with E-state index in [1.54, 1.807) is 12.1 Å². The van der Waals surface area contributed by atoms with Crippen molar-refractivity contribution in [3.05, 3.63) is 18.4 Å². The molecule has 7 heteroatoms. The SMILES string of the molecule is O=C(O)CCSc1nnc(-c2ccco2)o1. The zero-order chi connectivity index (χ0) is 11.4. The van der Waals surface area contributed by atoms with Gasteiger partial charge in [-0.2, -0.15) is 0 Å². The van der Waals surface area contributed by atoms with Crippen LogP contribution in [-0.4, -0.2) is 27.0 Å². The fourth-order valence-electron chi connectivity index (χ4n) is 0.994. The lowest BCUT2D eigenvalue weighted by Crippen LogP contribution is -1.95. The van der Waals surface area contributed by atoms with E-state index in [4.69, 9.17) is 13.9 Å². The second-order valence-electron chi connectivity index (χ2n) is 2.84. The van der Waals surface area contributed by atoms with Gasteiger partial charge in [0.1, 0.15) is 0 Å². The highest BCUT2D eigenvalue weighted by atomic mass is 32.2. The molecule has 1 N–H and O–H groups in total. The van der Waals surface area contributed by atoms with Gasteiger partial charge >= 0.3 is 5.97 Å². The van der Waals surface area contributed by atoms with Crippen molar-refractivity contribution in [2.24, 2.45) is 0 Å². The highest BCUT2D eigenvalue weighted by Crippen LogP contribution is 2.23. The molecule has 0 saturated carbocycles. The minimum atomic E-state index is -0.849. The maximum absolute atomic E-state index is 10.3. The maximum Gasteiger partial charge on any atom is 0.304 e. The Labute approximate surface area is 94.7 Å². The number of furan rings is 1. The van der Waals surface area contributed by atoms with Crippen molar-refractivity contribution < 1.29 is 18.7 Å². The van der Waals surface area contributed by atoms with Crippen LogP contribution >= 0.6 is 11.8 Å². The van der Waals surface area contributed by atoms with Gasteiger partial charge in [0.25, 0.3) is 11.1 Å². The van der Waals surface area contributed by atoms with E-state index >= 15 is 0 Å². The summed E-state index contributed by atoms with van der Waals surface area (Å²) in [5.74, 6) is 0.341. The molecule has 6 nitrogen and oxygen atoms in total. The number of hydrogen-bond acceptors (Lipinski definition) is 6. The zero-order valence-electron chi connectivity index (χ0n) is 8.12. The number of carboxylic acid groups (broad SMARTS) is 1. The standard InChI is InChI=1S/C9H8N2O4S/c12-7(13)3-5-16-9-11-10-8(15-9)6-2-1-4-14-6/h1-2,4H,3,5H2,(H,12,13). The summed E-state index contributed by atoms with van der Waals surface area (Å²) < 4.78 is 10.3. The molecule has 0 saturated heterocycles. The Morgan fingerprint density at radius 1 is 1.50 bits per heavy atom. The Bertz CT molecular complexity index is 466. The van der Waals surface area contributed by atoms with E-state index in [1.807, 2.05) is 0 Å². The number of carboxylic acids is 1. The first-order chi connectivity index (χ1) is 7.75. The molecular formula is C9H8N2O4S. The molecular weight excluding hydrogens is 232 g/mol. The summed E-state index contributed by atoms with van der Waals surface area (Å²) in [6, 6.07) is 3.43. The van der Waals surface area contributed by atoms with E-state index in [1.165, 1.54) is 18.0 Å². The first kappa shape index (κ1) is 10.7. The third kappa shape index (κ3) is 2.63. The number of carbonyl (C=O) groups is 1. The minimum absolute atomic E-state index is 0.0587. The highest BCUT2D eigenvalue weighted by Gasteiger charge is 2.11. The van der Waals surface area contributed by atoms with Crippen LogP contribution in [0.25, 0.3) is 11.7 Å². The van der Waals surface area contributed by atoms with E-state index in [9.17, 15) is 4.79 Å². The highest BCUT2D eigenvalue weighted by molar-refractivity contribution is 7.99. The molecule has 0 atom stereocenters. The van der Waals surface area contributed by atoms with Crippen LogP contribution in [0.1, 0.15) is 6.42 Å². The molecule has 0 aliphatic heterocycles. The van der Waals surface area contributed by atoms with Crippen molar-refractivity contribution in [2.75, 3.05) is 5.75 Å². The summed E-state index contributed by atoms with van der Waals surface area (Å²) in [7, 11) is 0. The van der Waals surface area contributed by atoms with Crippen LogP contribution in [0, 0.1) is 0 Å². The number of thioether (sulfide) groups is 1. The number of nitrogens with zero attached hydrogens (tertiary/aromatic N) is 2. The van der Waals surface area contributed by atoms with Crippen molar-refractivity contribution in [3.8, 4) is 11.7 Å². The van der Waals surface area contributed by atoms with Crippen molar-refractivity contribution in [2.45, 2.75) is 11.6 Å². The van der Waals surface area contributed by atoms with Gasteiger partial charge in [-0.25, -0.2) is 0 Å². The molecule has 0 spiro atoms. The smallest absolute Gasteiger partial charge is 0.304 e. The van der Waals surface area contributed by atoms with Gasteiger partial charge in [-0.3, -0.25) is 4.79 Å². The molecule has 0 aliphatic rings. The molecule has 0 radical (unpaired) electrons. The summed E-state index contributed by atoms with van der Waals surface area (Å²) in [6.45, 7) is 0. The molecule has 2 rings (SSSR count). The van der Waals surface area contributed by atoms with Crippen molar-refractivity contribution >= 4 is 17.7 Å². The molecule has 0 fully saturated rings. The Morgan fingerprint density at radius 3 is 3.06 bits per heavy atom. The average molecular weight is 240 g/mol. The van der Waals surface area contributed by atoms with Crippen LogP contribution in [0.3, 0.4) is 0 Å². The minimum Gasteiger partial charge on any atom is -0.481 e. The van der Waals surface area contributed by atoms with Gasteiger partial charge in [0.15, 0.2) is 5.76 Å². The summed E-state index contributed by atoms with van der Waals surface area (Å²) in [5, 5.41) is 16.3. The summed E-state index contributed by atoms with van der Waals surface area (Å²) in [5.41, 5.74) is 0. The predicted molar refractivity (Wildman–Crippen MR) is 55.0 cm³/mol.